The smallest absolute Gasteiger partial charge is 0.321 e. The number of anilines is 1. The van der Waals surface area contributed by atoms with Crippen molar-refractivity contribution in [2.75, 3.05) is 38.6 Å². The highest BCUT2D eigenvalue weighted by Gasteiger charge is 2.23. The van der Waals surface area contributed by atoms with E-state index in [1.165, 1.54) is 0 Å². The van der Waals surface area contributed by atoms with Gasteiger partial charge in [-0.25, -0.2) is 4.79 Å². The number of aromatic nitrogens is 1. The summed E-state index contributed by atoms with van der Waals surface area (Å²) in [6.07, 6.45) is 0. The monoisotopic (exact) mass is 344 g/mol. The highest BCUT2D eigenvalue weighted by molar-refractivity contribution is 5.89. The molecule has 1 aromatic heterocycles. The Bertz CT molecular complexity index is 716. The molecule has 0 atom stereocenters. The molecular weight excluding hydrogens is 320 g/mol. The summed E-state index contributed by atoms with van der Waals surface area (Å²) in [7, 11) is 1.61. The van der Waals surface area contributed by atoms with Gasteiger partial charge in [0.15, 0.2) is 0 Å². The number of benzene rings is 1. The second-order valence-electron chi connectivity index (χ2n) is 6.23. The van der Waals surface area contributed by atoms with Gasteiger partial charge in [0.25, 0.3) is 0 Å². The van der Waals surface area contributed by atoms with Gasteiger partial charge in [-0.15, -0.1) is 0 Å². The van der Waals surface area contributed by atoms with Gasteiger partial charge in [0.1, 0.15) is 11.5 Å². The van der Waals surface area contributed by atoms with E-state index < -0.39 is 0 Å². The number of aryl methyl sites for hydroxylation is 2. The molecule has 2 aromatic rings. The summed E-state index contributed by atoms with van der Waals surface area (Å²) in [5, 5.41) is 6.93. The first kappa shape index (κ1) is 17.3. The average Bonchev–Trinajstić information content (AvgIpc) is 2.94. The molecule has 0 saturated carbocycles. The summed E-state index contributed by atoms with van der Waals surface area (Å²) >= 11 is 0. The van der Waals surface area contributed by atoms with Crippen molar-refractivity contribution in [3.63, 3.8) is 0 Å². The predicted molar refractivity (Wildman–Crippen MR) is 94.8 cm³/mol. The largest absolute Gasteiger partial charge is 0.497 e. The SMILES string of the molecule is COc1cccc(NC(=O)N2CCN(Cc3c(C)noc3C)CC2)c1. The molecule has 25 heavy (non-hydrogen) atoms. The number of carbonyl (C=O) groups is 1. The van der Waals surface area contributed by atoms with Crippen molar-refractivity contribution in [3.8, 4) is 5.75 Å². The van der Waals surface area contributed by atoms with Gasteiger partial charge >= 0.3 is 6.03 Å². The standard InChI is InChI=1S/C18H24N4O3/c1-13-17(14(2)25-20-13)12-21-7-9-22(10-8-21)18(23)19-15-5-4-6-16(11-15)24-3/h4-6,11H,7-10,12H2,1-3H3,(H,19,23). The zero-order valence-electron chi connectivity index (χ0n) is 14.9. The van der Waals surface area contributed by atoms with Gasteiger partial charge in [-0.1, -0.05) is 11.2 Å². The molecule has 0 radical (unpaired) electrons. The molecule has 3 rings (SSSR count). The molecule has 1 aromatic carbocycles. The number of piperazine rings is 1. The Kier molecular flexibility index (Phi) is 5.23. The summed E-state index contributed by atoms with van der Waals surface area (Å²) in [5.41, 5.74) is 2.83. The van der Waals surface area contributed by atoms with Crippen molar-refractivity contribution in [1.29, 1.82) is 0 Å². The minimum absolute atomic E-state index is 0.0785. The average molecular weight is 344 g/mol. The van der Waals surface area contributed by atoms with Crippen molar-refractivity contribution < 1.29 is 14.1 Å². The molecule has 7 nitrogen and oxygen atoms in total. The number of rotatable bonds is 4. The van der Waals surface area contributed by atoms with Crippen LogP contribution in [-0.2, 0) is 6.54 Å². The summed E-state index contributed by atoms with van der Waals surface area (Å²) in [6, 6.07) is 7.30. The van der Waals surface area contributed by atoms with Crippen molar-refractivity contribution in [2.24, 2.45) is 0 Å². The van der Waals surface area contributed by atoms with Gasteiger partial charge in [0.2, 0.25) is 0 Å². The molecular formula is C18H24N4O3. The van der Waals surface area contributed by atoms with E-state index in [0.29, 0.717) is 13.1 Å². The molecule has 7 heteroatoms. The lowest BCUT2D eigenvalue weighted by Crippen LogP contribution is -2.49. The maximum absolute atomic E-state index is 12.4. The van der Waals surface area contributed by atoms with Crippen molar-refractivity contribution in [2.45, 2.75) is 20.4 Å². The molecule has 2 amide bonds. The topological polar surface area (TPSA) is 70.8 Å². The highest BCUT2D eigenvalue weighted by atomic mass is 16.5. The summed E-state index contributed by atoms with van der Waals surface area (Å²) in [6.45, 7) is 7.76. The van der Waals surface area contributed by atoms with Crippen LogP contribution in [0.25, 0.3) is 0 Å². The van der Waals surface area contributed by atoms with E-state index in [2.05, 4.69) is 15.4 Å². The molecule has 134 valence electrons. The number of ether oxygens (including phenoxy) is 1. The Morgan fingerprint density at radius 3 is 2.68 bits per heavy atom. The molecule has 0 unspecified atom stereocenters. The van der Waals surface area contributed by atoms with Crippen LogP contribution in [0.15, 0.2) is 28.8 Å². The fourth-order valence-electron chi connectivity index (χ4n) is 2.96. The number of hydrogen-bond donors (Lipinski definition) is 1. The molecule has 1 fully saturated rings. The maximum Gasteiger partial charge on any atom is 0.321 e. The maximum atomic E-state index is 12.4. The molecule has 1 aliphatic heterocycles. The lowest BCUT2D eigenvalue weighted by Gasteiger charge is -2.34. The van der Waals surface area contributed by atoms with Crippen molar-refractivity contribution in [3.05, 3.63) is 41.3 Å². The highest BCUT2D eigenvalue weighted by Crippen LogP contribution is 2.19. The number of amides is 2. The third kappa shape index (κ3) is 4.11. The fraction of sp³-hybridized carbons (Fsp3) is 0.444. The Morgan fingerprint density at radius 1 is 1.28 bits per heavy atom. The van der Waals surface area contributed by atoms with Gasteiger partial charge in [0, 0.05) is 50.0 Å². The minimum atomic E-state index is -0.0785. The lowest BCUT2D eigenvalue weighted by atomic mass is 10.2. The molecule has 0 aliphatic carbocycles. The normalized spacial score (nSPS) is 15.2. The Labute approximate surface area is 147 Å². The number of urea groups is 1. The van der Waals surface area contributed by atoms with Crippen LogP contribution in [0.3, 0.4) is 0 Å². The van der Waals surface area contributed by atoms with Crippen LogP contribution in [0, 0.1) is 13.8 Å². The molecule has 1 N–H and O–H groups in total. The van der Waals surface area contributed by atoms with Crippen molar-refractivity contribution in [1.82, 2.24) is 15.0 Å². The van der Waals surface area contributed by atoms with Gasteiger partial charge in [-0.3, -0.25) is 4.90 Å². The molecule has 1 aliphatic rings. The van der Waals surface area contributed by atoms with Gasteiger partial charge in [-0.05, 0) is 26.0 Å². The second-order valence-corrected chi connectivity index (χ2v) is 6.23. The Hall–Kier alpha value is -2.54. The summed E-state index contributed by atoms with van der Waals surface area (Å²) in [5.74, 6) is 1.60. The van der Waals surface area contributed by atoms with Gasteiger partial charge < -0.3 is 19.5 Å². The predicted octanol–water partition coefficient (Wildman–Crippen LogP) is 2.65. The second kappa shape index (κ2) is 7.57. The van der Waals surface area contributed by atoms with Gasteiger partial charge in [-0.2, -0.15) is 0 Å². The van der Waals surface area contributed by atoms with Gasteiger partial charge in [0.05, 0.1) is 12.8 Å². The first-order valence-electron chi connectivity index (χ1n) is 8.41. The number of nitrogens with one attached hydrogen (secondary N) is 1. The summed E-state index contributed by atoms with van der Waals surface area (Å²) in [4.78, 5) is 16.6. The summed E-state index contributed by atoms with van der Waals surface area (Å²) < 4.78 is 10.4. The Morgan fingerprint density at radius 2 is 2.04 bits per heavy atom. The quantitative estimate of drug-likeness (QED) is 0.923. The minimum Gasteiger partial charge on any atom is -0.497 e. The lowest BCUT2D eigenvalue weighted by molar-refractivity contribution is 0.142. The molecule has 2 heterocycles. The number of hydrogen-bond acceptors (Lipinski definition) is 5. The first-order chi connectivity index (χ1) is 12.1. The third-order valence-corrected chi connectivity index (χ3v) is 4.54. The van der Waals surface area contributed by atoms with Crippen LogP contribution >= 0.6 is 0 Å². The van der Waals surface area contributed by atoms with E-state index in [0.717, 1.165) is 48.1 Å². The molecule has 0 spiro atoms. The number of carbonyl (C=O) groups excluding carboxylic acids is 1. The van der Waals surface area contributed by atoms with Crippen LogP contribution in [0.1, 0.15) is 17.0 Å². The van der Waals surface area contributed by atoms with Crippen LogP contribution < -0.4 is 10.1 Å². The van der Waals surface area contributed by atoms with Crippen LogP contribution in [-0.4, -0.2) is 54.3 Å². The van der Waals surface area contributed by atoms with E-state index in [1.54, 1.807) is 7.11 Å². The number of nitrogens with zero attached hydrogens (tertiary/aromatic N) is 3. The van der Waals surface area contributed by atoms with E-state index in [9.17, 15) is 4.79 Å². The van der Waals surface area contributed by atoms with E-state index in [1.807, 2.05) is 43.0 Å². The van der Waals surface area contributed by atoms with Crippen molar-refractivity contribution >= 4 is 11.7 Å². The zero-order chi connectivity index (χ0) is 17.8. The molecule has 1 saturated heterocycles. The number of methoxy groups -OCH3 is 1. The van der Waals surface area contributed by atoms with E-state index >= 15 is 0 Å². The zero-order valence-corrected chi connectivity index (χ0v) is 14.9. The third-order valence-electron chi connectivity index (χ3n) is 4.54. The van der Waals surface area contributed by atoms with Crippen LogP contribution in [0.5, 0.6) is 5.75 Å². The van der Waals surface area contributed by atoms with Crippen LogP contribution in [0.2, 0.25) is 0 Å². The Balaban J connectivity index is 1.52. The van der Waals surface area contributed by atoms with E-state index in [4.69, 9.17) is 9.26 Å². The van der Waals surface area contributed by atoms with E-state index in [-0.39, 0.29) is 6.03 Å². The van der Waals surface area contributed by atoms with Crippen LogP contribution in [0.4, 0.5) is 10.5 Å². The first-order valence-corrected chi connectivity index (χ1v) is 8.41. The fourth-order valence-corrected chi connectivity index (χ4v) is 2.96. The molecule has 0 bridgehead atoms.